The van der Waals surface area contributed by atoms with E-state index >= 15 is 0 Å². The van der Waals surface area contributed by atoms with Crippen LogP contribution in [0.25, 0.3) is 0 Å². The fraction of sp³-hybridized carbons (Fsp3) is 0.600. The number of hydrogen-bond donors (Lipinski definition) is 1. The Morgan fingerprint density at radius 1 is 1.45 bits per heavy atom. The number of pyridine rings is 1. The molecule has 3 rings (SSSR count). The number of aromatic nitrogens is 1. The first-order valence-corrected chi connectivity index (χ1v) is 8.10. The van der Waals surface area contributed by atoms with Crippen molar-refractivity contribution in [1.29, 1.82) is 0 Å². The van der Waals surface area contributed by atoms with E-state index in [0.29, 0.717) is 24.4 Å². The van der Waals surface area contributed by atoms with E-state index in [2.05, 4.69) is 38.1 Å². The molecule has 4 nitrogen and oxygen atoms in total. The van der Waals surface area contributed by atoms with Gasteiger partial charge in [-0.2, -0.15) is 0 Å². The molecule has 0 saturated heterocycles. The normalized spacial score (nSPS) is 19.9. The number of rotatable bonds is 6. The smallest absolute Gasteiger partial charge is 0.239 e. The highest BCUT2D eigenvalue weighted by molar-refractivity contribution is 9.10. The van der Waals surface area contributed by atoms with Gasteiger partial charge in [-0.1, -0.05) is 0 Å². The molecular weight excluding hydrogens is 318 g/mol. The van der Waals surface area contributed by atoms with Crippen LogP contribution < -0.4 is 5.32 Å². The van der Waals surface area contributed by atoms with Crippen molar-refractivity contribution >= 4 is 27.7 Å². The summed E-state index contributed by atoms with van der Waals surface area (Å²) in [6.45, 7) is 2.75. The van der Waals surface area contributed by atoms with Gasteiger partial charge in [0.15, 0.2) is 0 Å². The van der Waals surface area contributed by atoms with E-state index in [9.17, 15) is 4.79 Å². The maximum atomic E-state index is 12.2. The number of amides is 1. The average molecular weight is 338 g/mol. The monoisotopic (exact) mass is 337 g/mol. The molecule has 5 heteroatoms. The average Bonchev–Trinajstić information content (AvgIpc) is 3.29. The maximum Gasteiger partial charge on any atom is 0.239 e. The summed E-state index contributed by atoms with van der Waals surface area (Å²) in [7, 11) is 0. The molecule has 1 amide bonds. The summed E-state index contributed by atoms with van der Waals surface area (Å²) in [5, 5.41) is 2.88. The second kappa shape index (κ2) is 5.82. The summed E-state index contributed by atoms with van der Waals surface area (Å²) in [5.74, 6) is 1.46. The van der Waals surface area contributed by atoms with E-state index < -0.39 is 0 Å². The Labute approximate surface area is 128 Å². The Kier molecular flexibility index (Phi) is 4.08. The highest BCUT2D eigenvalue weighted by Gasteiger charge is 2.39. The Hall–Kier alpha value is -0.940. The van der Waals surface area contributed by atoms with Crippen molar-refractivity contribution in [3.63, 3.8) is 0 Å². The van der Waals surface area contributed by atoms with E-state index in [1.54, 1.807) is 6.20 Å². The van der Waals surface area contributed by atoms with Crippen molar-refractivity contribution in [1.82, 2.24) is 9.88 Å². The Morgan fingerprint density at radius 3 is 2.75 bits per heavy atom. The molecular formula is C15H20BrN3O. The van der Waals surface area contributed by atoms with Gasteiger partial charge in [-0.15, -0.1) is 0 Å². The molecule has 0 bridgehead atoms. The van der Waals surface area contributed by atoms with Gasteiger partial charge in [0, 0.05) is 22.8 Å². The van der Waals surface area contributed by atoms with Crippen molar-refractivity contribution in [3.8, 4) is 0 Å². The first kappa shape index (κ1) is 14.0. The maximum absolute atomic E-state index is 12.2. The minimum Gasteiger partial charge on any atom is -0.310 e. The molecule has 1 aromatic rings. The van der Waals surface area contributed by atoms with Gasteiger partial charge < -0.3 is 5.32 Å². The number of nitrogens with one attached hydrogen (secondary N) is 1. The summed E-state index contributed by atoms with van der Waals surface area (Å²) < 4.78 is 0.914. The fourth-order valence-electron chi connectivity index (χ4n) is 2.66. The van der Waals surface area contributed by atoms with Gasteiger partial charge in [0.25, 0.3) is 0 Å². The molecule has 1 atom stereocenters. The Balaban J connectivity index is 1.57. The van der Waals surface area contributed by atoms with Crippen LogP contribution in [0.1, 0.15) is 32.6 Å². The number of carbonyl (C=O) groups excluding carboxylic acids is 1. The minimum absolute atomic E-state index is 0.0409. The molecule has 1 aromatic heterocycles. The van der Waals surface area contributed by atoms with Gasteiger partial charge in [-0.25, -0.2) is 4.98 Å². The van der Waals surface area contributed by atoms with Crippen LogP contribution in [-0.4, -0.2) is 34.4 Å². The van der Waals surface area contributed by atoms with Gasteiger partial charge >= 0.3 is 0 Å². The lowest BCUT2D eigenvalue weighted by Gasteiger charge is -2.28. The Bertz CT molecular complexity index is 482. The van der Waals surface area contributed by atoms with Crippen LogP contribution >= 0.6 is 15.9 Å². The summed E-state index contributed by atoms with van der Waals surface area (Å²) in [4.78, 5) is 18.7. The molecule has 108 valence electrons. The summed E-state index contributed by atoms with van der Waals surface area (Å²) in [5.41, 5.74) is 0. The topological polar surface area (TPSA) is 45.2 Å². The lowest BCUT2D eigenvalue weighted by atomic mass is 10.1. The highest BCUT2D eigenvalue weighted by atomic mass is 79.9. The lowest BCUT2D eigenvalue weighted by molar-refractivity contribution is -0.118. The quantitative estimate of drug-likeness (QED) is 0.867. The molecule has 1 heterocycles. The van der Waals surface area contributed by atoms with Crippen LogP contribution in [0.15, 0.2) is 22.8 Å². The van der Waals surface area contributed by atoms with Gasteiger partial charge in [0.1, 0.15) is 5.82 Å². The largest absolute Gasteiger partial charge is 0.310 e. The second-order valence-corrected chi connectivity index (χ2v) is 6.81. The van der Waals surface area contributed by atoms with Gasteiger partial charge in [0.05, 0.1) is 6.54 Å². The standard InChI is InChI=1S/C15H20BrN3O/c1-10(11-2-3-11)19(13-5-6-13)9-15(20)18-14-7-4-12(16)8-17-14/h4,7-8,10-11,13H,2-3,5-6,9H2,1H3,(H,17,18,20). The van der Waals surface area contributed by atoms with Crippen LogP contribution in [-0.2, 0) is 4.79 Å². The molecule has 0 aromatic carbocycles. The minimum atomic E-state index is 0.0409. The van der Waals surface area contributed by atoms with E-state index in [4.69, 9.17) is 0 Å². The third-order valence-corrected chi connectivity index (χ3v) is 4.63. The van der Waals surface area contributed by atoms with Crippen molar-refractivity contribution in [2.75, 3.05) is 11.9 Å². The second-order valence-electron chi connectivity index (χ2n) is 5.89. The molecule has 2 saturated carbocycles. The Morgan fingerprint density at radius 2 is 2.20 bits per heavy atom. The van der Waals surface area contributed by atoms with E-state index in [-0.39, 0.29) is 5.91 Å². The molecule has 0 aliphatic heterocycles. The summed E-state index contributed by atoms with van der Waals surface area (Å²) >= 11 is 3.34. The zero-order chi connectivity index (χ0) is 14.1. The molecule has 0 radical (unpaired) electrons. The fourth-order valence-corrected chi connectivity index (χ4v) is 2.89. The van der Waals surface area contributed by atoms with Crippen LogP contribution in [0.2, 0.25) is 0 Å². The van der Waals surface area contributed by atoms with Gasteiger partial charge in [0.2, 0.25) is 5.91 Å². The first-order chi connectivity index (χ1) is 9.63. The number of carbonyl (C=O) groups is 1. The van der Waals surface area contributed by atoms with Gasteiger partial charge in [-0.05, 0) is 66.6 Å². The number of anilines is 1. The van der Waals surface area contributed by atoms with Crippen LogP contribution in [0.5, 0.6) is 0 Å². The van der Waals surface area contributed by atoms with Crippen molar-refractivity contribution < 1.29 is 4.79 Å². The van der Waals surface area contributed by atoms with Gasteiger partial charge in [-0.3, -0.25) is 9.69 Å². The van der Waals surface area contributed by atoms with Crippen LogP contribution in [0.4, 0.5) is 5.82 Å². The number of nitrogens with zero attached hydrogens (tertiary/aromatic N) is 2. The van der Waals surface area contributed by atoms with Crippen molar-refractivity contribution in [2.24, 2.45) is 5.92 Å². The van der Waals surface area contributed by atoms with Crippen LogP contribution in [0.3, 0.4) is 0 Å². The molecule has 1 N–H and O–H groups in total. The zero-order valence-corrected chi connectivity index (χ0v) is 13.3. The molecule has 1 unspecified atom stereocenters. The third-order valence-electron chi connectivity index (χ3n) is 4.16. The predicted octanol–water partition coefficient (Wildman–Crippen LogP) is 3.05. The van der Waals surface area contributed by atoms with Crippen molar-refractivity contribution in [2.45, 2.75) is 44.7 Å². The zero-order valence-electron chi connectivity index (χ0n) is 11.7. The summed E-state index contributed by atoms with van der Waals surface area (Å²) in [6, 6.07) is 4.85. The molecule has 2 aliphatic carbocycles. The number of halogens is 1. The lowest BCUT2D eigenvalue weighted by Crippen LogP contribution is -2.42. The first-order valence-electron chi connectivity index (χ1n) is 7.30. The molecule has 2 fully saturated rings. The molecule has 20 heavy (non-hydrogen) atoms. The highest BCUT2D eigenvalue weighted by Crippen LogP contribution is 2.39. The van der Waals surface area contributed by atoms with Crippen molar-refractivity contribution in [3.05, 3.63) is 22.8 Å². The third kappa shape index (κ3) is 3.58. The van der Waals surface area contributed by atoms with Crippen LogP contribution in [0, 0.1) is 5.92 Å². The number of hydrogen-bond acceptors (Lipinski definition) is 3. The SMILES string of the molecule is CC(C1CC1)N(CC(=O)Nc1ccc(Br)cn1)C1CC1. The van der Waals surface area contributed by atoms with E-state index in [0.717, 1.165) is 10.4 Å². The molecule has 0 spiro atoms. The predicted molar refractivity (Wildman–Crippen MR) is 82.5 cm³/mol. The molecule has 2 aliphatic rings. The van der Waals surface area contributed by atoms with E-state index in [1.807, 2.05) is 12.1 Å². The van der Waals surface area contributed by atoms with E-state index in [1.165, 1.54) is 25.7 Å². The summed E-state index contributed by atoms with van der Waals surface area (Å²) in [6.07, 6.45) is 6.81.